The van der Waals surface area contributed by atoms with Crippen molar-refractivity contribution in [2.75, 3.05) is 29.9 Å². The number of amides is 3. The van der Waals surface area contributed by atoms with Gasteiger partial charge in [0.1, 0.15) is 11.7 Å². The molecule has 1 fully saturated rings. The second kappa shape index (κ2) is 9.43. The molecule has 0 radical (unpaired) electrons. The molecule has 7 nitrogen and oxygen atoms in total. The van der Waals surface area contributed by atoms with Crippen molar-refractivity contribution in [2.24, 2.45) is 5.92 Å². The Morgan fingerprint density at radius 2 is 1.83 bits per heavy atom. The van der Waals surface area contributed by atoms with E-state index in [-0.39, 0.29) is 18.4 Å². The number of ether oxygens (including phenoxy) is 1. The Morgan fingerprint density at radius 3 is 2.50 bits per heavy atom. The second-order valence-electron chi connectivity index (χ2n) is 7.32. The van der Waals surface area contributed by atoms with E-state index in [0.717, 1.165) is 22.6 Å². The highest BCUT2D eigenvalue weighted by atomic mass is 16.5. The topological polar surface area (TPSA) is 87.7 Å². The molecular weight excluding hydrogens is 382 g/mol. The maximum atomic E-state index is 12.7. The molecule has 1 atom stereocenters. The quantitative estimate of drug-likeness (QED) is 0.689. The summed E-state index contributed by atoms with van der Waals surface area (Å²) in [5.74, 6) is -1.07. The van der Waals surface area contributed by atoms with Crippen molar-refractivity contribution in [1.29, 1.82) is 0 Å². The van der Waals surface area contributed by atoms with E-state index in [1.54, 1.807) is 29.2 Å². The molecule has 0 aliphatic carbocycles. The van der Waals surface area contributed by atoms with Gasteiger partial charge >= 0.3 is 0 Å². The molecule has 3 rings (SSSR count). The molecule has 158 valence electrons. The van der Waals surface area contributed by atoms with E-state index in [4.69, 9.17) is 4.74 Å². The van der Waals surface area contributed by atoms with Crippen molar-refractivity contribution in [1.82, 2.24) is 5.32 Å². The molecule has 0 bridgehead atoms. The fraction of sp³-hybridized carbons (Fsp3) is 0.348. The average molecular weight is 409 g/mol. The average Bonchev–Trinajstić information content (AvgIpc) is 3.11. The molecule has 0 spiro atoms. The number of rotatable bonds is 7. The van der Waals surface area contributed by atoms with Crippen LogP contribution in [-0.4, -0.2) is 37.4 Å². The van der Waals surface area contributed by atoms with Crippen molar-refractivity contribution in [3.05, 3.63) is 53.6 Å². The summed E-state index contributed by atoms with van der Waals surface area (Å²) in [7, 11) is 0. The lowest BCUT2D eigenvalue weighted by Crippen LogP contribution is -2.40. The van der Waals surface area contributed by atoms with Crippen LogP contribution in [0.15, 0.2) is 42.5 Å². The highest BCUT2D eigenvalue weighted by molar-refractivity contribution is 6.10. The first-order chi connectivity index (χ1) is 14.4. The minimum absolute atomic E-state index is 0.195. The third kappa shape index (κ3) is 4.97. The van der Waals surface area contributed by atoms with E-state index in [1.807, 2.05) is 39.0 Å². The van der Waals surface area contributed by atoms with Gasteiger partial charge in [0.15, 0.2) is 0 Å². The Kier molecular flexibility index (Phi) is 6.72. The number of carbonyl (C=O) groups excluding carboxylic acids is 3. The van der Waals surface area contributed by atoms with Gasteiger partial charge in [-0.3, -0.25) is 14.4 Å². The van der Waals surface area contributed by atoms with Crippen LogP contribution in [0.1, 0.15) is 24.5 Å². The maximum Gasteiger partial charge on any atom is 0.243 e. The summed E-state index contributed by atoms with van der Waals surface area (Å²) in [5, 5.41) is 5.29. The number of hydrogen-bond donors (Lipinski definition) is 2. The van der Waals surface area contributed by atoms with Crippen molar-refractivity contribution in [2.45, 2.75) is 27.2 Å². The van der Waals surface area contributed by atoms with Crippen LogP contribution in [-0.2, 0) is 14.4 Å². The summed E-state index contributed by atoms with van der Waals surface area (Å²) in [4.78, 5) is 39.0. The van der Waals surface area contributed by atoms with Crippen LogP contribution in [0.3, 0.4) is 0 Å². The molecular formula is C23H27N3O4. The van der Waals surface area contributed by atoms with Crippen molar-refractivity contribution < 1.29 is 19.1 Å². The maximum absolute atomic E-state index is 12.7. The first-order valence-corrected chi connectivity index (χ1v) is 10.1. The predicted octanol–water partition coefficient (Wildman–Crippen LogP) is 2.81. The lowest BCUT2D eigenvalue weighted by molar-refractivity contribution is -0.133. The number of hydrogen-bond acceptors (Lipinski definition) is 4. The van der Waals surface area contributed by atoms with Crippen LogP contribution >= 0.6 is 0 Å². The standard InChI is InChI=1S/C23H27N3O4/c1-4-30-19-9-6-17(7-10-19)25-21(27)14-24-22(28)20-11-12-26(23(20)29)18-8-5-15(2)16(3)13-18/h5-10,13,20H,4,11-12,14H2,1-3H3,(H,24,28)(H,25,27). The minimum Gasteiger partial charge on any atom is -0.494 e. The third-order valence-corrected chi connectivity index (χ3v) is 5.20. The fourth-order valence-electron chi connectivity index (χ4n) is 3.37. The van der Waals surface area contributed by atoms with Crippen LogP contribution in [0, 0.1) is 19.8 Å². The van der Waals surface area contributed by atoms with Crippen LogP contribution < -0.4 is 20.3 Å². The predicted molar refractivity (Wildman–Crippen MR) is 116 cm³/mol. The van der Waals surface area contributed by atoms with E-state index in [1.165, 1.54) is 0 Å². The number of nitrogens with zero attached hydrogens (tertiary/aromatic N) is 1. The van der Waals surface area contributed by atoms with Crippen LogP contribution in [0.5, 0.6) is 5.75 Å². The highest BCUT2D eigenvalue weighted by Gasteiger charge is 2.37. The molecule has 2 aromatic carbocycles. The smallest absolute Gasteiger partial charge is 0.243 e. The molecule has 30 heavy (non-hydrogen) atoms. The van der Waals surface area contributed by atoms with Crippen molar-refractivity contribution in [3.8, 4) is 5.75 Å². The van der Waals surface area contributed by atoms with Gasteiger partial charge in [-0.25, -0.2) is 0 Å². The number of benzene rings is 2. The Balaban J connectivity index is 1.51. The van der Waals surface area contributed by atoms with Gasteiger partial charge in [0, 0.05) is 17.9 Å². The van der Waals surface area contributed by atoms with Gasteiger partial charge < -0.3 is 20.3 Å². The lowest BCUT2D eigenvalue weighted by Gasteiger charge is -2.18. The van der Waals surface area contributed by atoms with Crippen molar-refractivity contribution in [3.63, 3.8) is 0 Å². The number of anilines is 2. The summed E-state index contributed by atoms with van der Waals surface area (Å²) in [5.41, 5.74) is 3.65. The van der Waals surface area contributed by atoms with E-state index < -0.39 is 11.8 Å². The molecule has 1 unspecified atom stereocenters. The van der Waals surface area contributed by atoms with Gasteiger partial charge in [0.25, 0.3) is 0 Å². The minimum atomic E-state index is -0.773. The molecule has 1 saturated heterocycles. The number of carbonyl (C=O) groups is 3. The second-order valence-corrected chi connectivity index (χ2v) is 7.32. The van der Waals surface area contributed by atoms with Gasteiger partial charge in [-0.1, -0.05) is 6.07 Å². The van der Waals surface area contributed by atoms with Crippen molar-refractivity contribution >= 4 is 29.1 Å². The number of nitrogens with one attached hydrogen (secondary N) is 2. The Labute approximate surface area is 176 Å². The van der Waals surface area contributed by atoms with Gasteiger partial charge in [0.05, 0.1) is 13.2 Å². The zero-order chi connectivity index (χ0) is 21.7. The molecule has 1 aliphatic heterocycles. The first-order valence-electron chi connectivity index (χ1n) is 10.1. The van der Waals surface area contributed by atoms with E-state index in [0.29, 0.717) is 25.3 Å². The van der Waals surface area contributed by atoms with Crippen LogP contribution in [0.2, 0.25) is 0 Å². The van der Waals surface area contributed by atoms with Gasteiger partial charge in [-0.05, 0) is 74.7 Å². The molecule has 1 aliphatic rings. The zero-order valence-corrected chi connectivity index (χ0v) is 17.5. The van der Waals surface area contributed by atoms with Crippen LogP contribution in [0.4, 0.5) is 11.4 Å². The molecule has 7 heteroatoms. The SMILES string of the molecule is CCOc1ccc(NC(=O)CNC(=O)C2CCN(c3ccc(C)c(C)c3)C2=O)cc1. The van der Waals surface area contributed by atoms with Gasteiger partial charge in [-0.2, -0.15) is 0 Å². The third-order valence-electron chi connectivity index (χ3n) is 5.20. The summed E-state index contributed by atoms with van der Waals surface area (Å²) in [6.45, 7) is 6.76. The first kappa shape index (κ1) is 21.4. The summed E-state index contributed by atoms with van der Waals surface area (Å²) < 4.78 is 5.36. The molecule has 0 aromatic heterocycles. The summed E-state index contributed by atoms with van der Waals surface area (Å²) in [6.07, 6.45) is 0.429. The summed E-state index contributed by atoms with van der Waals surface area (Å²) >= 11 is 0. The Bertz CT molecular complexity index is 940. The Morgan fingerprint density at radius 1 is 1.10 bits per heavy atom. The van der Waals surface area contributed by atoms with Crippen LogP contribution in [0.25, 0.3) is 0 Å². The monoisotopic (exact) mass is 409 g/mol. The fourth-order valence-corrected chi connectivity index (χ4v) is 3.37. The van der Waals surface area contributed by atoms with Gasteiger partial charge in [0.2, 0.25) is 17.7 Å². The largest absolute Gasteiger partial charge is 0.494 e. The molecule has 2 N–H and O–H groups in total. The normalized spacial score (nSPS) is 15.8. The molecule has 3 amide bonds. The van der Waals surface area contributed by atoms with E-state index >= 15 is 0 Å². The number of aryl methyl sites for hydroxylation is 2. The van der Waals surface area contributed by atoms with E-state index in [2.05, 4.69) is 10.6 Å². The molecule has 1 heterocycles. The van der Waals surface area contributed by atoms with Gasteiger partial charge in [-0.15, -0.1) is 0 Å². The van der Waals surface area contributed by atoms with E-state index in [9.17, 15) is 14.4 Å². The molecule has 0 saturated carbocycles. The highest BCUT2D eigenvalue weighted by Crippen LogP contribution is 2.27. The molecule has 2 aromatic rings. The Hall–Kier alpha value is -3.35. The zero-order valence-electron chi connectivity index (χ0n) is 17.5. The lowest BCUT2D eigenvalue weighted by atomic mass is 10.1. The summed E-state index contributed by atoms with van der Waals surface area (Å²) in [6, 6.07) is 12.8.